The average Bonchev–Trinajstić information content (AvgIpc) is 2.47. The Morgan fingerprint density at radius 1 is 1.00 bits per heavy atom. The third-order valence-corrected chi connectivity index (χ3v) is 3.06. The van der Waals surface area contributed by atoms with Crippen LogP contribution in [0.2, 0.25) is 0 Å². The minimum atomic E-state index is -0.716. The number of pyridine rings is 1. The second-order valence-electron chi connectivity index (χ2n) is 4.48. The Kier molecular flexibility index (Phi) is 2.93. The van der Waals surface area contributed by atoms with Crippen molar-refractivity contribution in [3.63, 3.8) is 0 Å². The zero-order valence-electron chi connectivity index (χ0n) is 10.5. The highest BCUT2D eigenvalue weighted by Crippen LogP contribution is 2.24. The van der Waals surface area contributed by atoms with Crippen LogP contribution in [0.5, 0.6) is 0 Å². The molecular formula is C15H13N3O. The molecule has 0 fully saturated rings. The second-order valence-corrected chi connectivity index (χ2v) is 4.48. The summed E-state index contributed by atoms with van der Waals surface area (Å²) in [4.78, 5) is 12.3. The largest absolute Gasteiger partial charge is 0.384 e. The van der Waals surface area contributed by atoms with E-state index in [1.54, 1.807) is 12.4 Å². The smallest absolute Gasteiger partial charge is 0.115 e. The quantitative estimate of drug-likeness (QED) is 0.760. The molecule has 2 heterocycles. The summed E-state index contributed by atoms with van der Waals surface area (Å²) in [5.41, 5.74) is 3.41. The van der Waals surface area contributed by atoms with Gasteiger partial charge in [0.1, 0.15) is 12.4 Å². The Bertz CT molecular complexity index is 713. The van der Waals surface area contributed by atoms with Crippen molar-refractivity contribution in [3.05, 3.63) is 65.9 Å². The van der Waals surface area contributed by atoms with Gasteiger partial charge in [0.25, 0.3) is 0 Å². The number of fused-ring (bicyclic) bond motifs is 1. The third-order valence-electron chi connectivity index (χ3n) is 3.06. The molecule has 0 saturated heterocycles. The van der Waals surface area contributed by atoms with E-state index in [1.807, 2.05) is 37.3 Å². The van der Waals surface area contributed by atoms with E-state index in [4.69, 9.17) is 0 Å². The van der Waals surface area contributed by atoms with E-state index < -0.39 is 6.10 Å². The van der Waals surface area contributed by atoms with Gasteiger partial charge in [-0.3, -0.25) is 4.98 Å². The summed E-state index contributed by atoms with van der Waals surface area (Å²) < 4.78 is 0. The first-order valence-electron chi connectivity index (χ1n) is 6.04. The van der Waals surface area contributed by atoms with E-state index in [1.165, 1.54) is 6.33 Å². The van der Waals surface area contributed by atoms with Gasteiger partial charge in [0.2, 0.25) is 0 Å². The van der Waals surface area contributed by atoms with Gasteiger partial charge in [0, 0.05) is 29.0 Å². The van der Waals surface area contributed by atoms with Gasteiger partial charge in [-0.05, 0) is 30.7 Å². The minimum absolute atomic E-state index is 0.682. The standard InChI is InChI=1S/C15H13N3O/c1-10-2-3-11-6-12(4-5-14(11)18-10)15(19)13-7-16-9-17-8-13/h2-9,15,19H,1H3. The summed E-state index contributed by atoms with van der Waals surface area (Å²) in [5.74, 6) is 0. The third kappa shape index (κ3) is 2.30. The first kappa shape index (κ1) is 11.7. The van der Waals surface area contributed by atoms with Crippen LogP contribution in [0.4, 0.5) is 0 Å². The summed E-state index contributed by atoms with van der Waals surface area (Å²) >= 11 is 0. The monoisotopic (exact) mass is 251 g/mol. The Labute approximate surface area is 110 Å². The van der Waals surface area contributed by atoms with Crippen LogP contribution in [-0.4, -0.2) is 20.1 Å². The Morgan fingerprint density at radius 3 is 2.58 bits per heavy atom. The average molecular weight is 251 g/mol. The molecule has 4 nitrogen and oxygen atoms in total. The highest BCUT2D eigenvalue weighted by atomic mass is 16.3. The molecule has 2 aromatic heterocycles. The lowest BCUT2D eigenvalue weighted by molar-refractivity contribution is 0.219. The van der Waals surface area contributed by atoms with E-state index in [9.17, 15) is 5.11 Å². The minimum Gasteiger partial charge on any atom is -0.384 e. The molecule has 1 aromatic carbocycles. The fourth-order valence-corrected chi connectivity index (χ4v) is 2.06. The van der Waals surface area contributed by atoms with Crippen molar-refractivity contribution in [1.29, 1.82) is 0 Å². The molecule has 0 aliphatic carbocycles. The molecule has 0 aliphatic rings. The van der Waals surface area contributed by atoms with Gasteiger partial charge in [-0.2, -0.15) is 0 Å². The number of aliphatic hydroxyl groups is 1. The number of aryl methyl sites for hydroxylation is 1. The number of benzene rings is 1. The number of rotatable bonds is 2. The zero-order valence-corrected chi connectivity index (χ0v) is 10.5. The lowest BCUT2D eigenvalue weighted by atomic mass is 10.0. The lowest BCUT2D eigenvalue weighted by Crippen LogP contribution is -2.01. The van der Waals surface area contributed by atoms with E-state index in [0.29, 0.717) is 5.56 Å². The summed E-state index contributed by atoms with van der Waals surface area (Å²) in [6.07, 6.45) is 3.97. The van der Waals surface area contributed by atoms with Gasteiger partial charge in [0.15, 0.2) is 0 Å². The zero-order chi connectivity index (χ0) is 13.2. The first-order chi connectivity index (χ1) is 9.24. The molecule has 19 heavy (non-hydrogen) atoms. The molecule has 0 spiro atoms. The van der Waals surface area contributed by atoms with Crippen LogP contribution in [-0.2, 0) is 0 Å². The maximum atomic E-state index is 10.3. The maximum Gasteiger partial charge on any atom is 0.115 e. The Morgan fingerprint density at radius 2 is 1.79 bits per heavy atom. The van der Waals surface area contributed by atoms with Gasteiger partial charge in [-0.25, -0.2) is 9.97 Å². The predicted molar refractivity (Wildman–Crippen MR) is 72.6 cm³/mol. The van der Waals surface area contributed by atoms with Crippen molar-refractivity contribution in [2.45, 2.75) is 13.0 Å². The SMILES string of the molecule is Cc1ccc2cc(C(O)c3cncnc3)ccc2n1. The van der Waals surface area contributed by atoms with E-state index in [0.717, 1.165) is 22.2 Å². The van der Waals surface area contributed by atoms with Crippen LogP contribution in [0.25, 0.3) is 10.9 Å². The fraction of sp³-hybridized carbons (Fsp3) is 0.133. The van der Waals surface area contributed by atoms with Gasteiger partial charge in [-0.1, -0.05) is 12.1 Å². The fourth-order valence-electron chi connectivity index (χ4n) is 2.06. The van der Waals surface area contributed by atoms with Gasteiger partial charge in [-0.15, -0.1) is 0 Å². The highest BCUT2D eigenvalue weighted by molar-refractivity contribution is 5.79. The highest BCUT2D eigenvalue weighted by Gasteiger charge is 2.11. The number of aliphatic hydroxyl groups excluding tert-OH is 1. The Hall–Kier alpha value is -2.33. The van der Waals surface area contributed by atoms with Crippen LogP contribution in [0.15, 0.2) is 49.1 Å². The van der Waals surface area contributed by atoms with Crippen LogP contribution in [0.3, 0.4) is 0 Å². The molecule has 94 valence electrons. The van der Waals surface area contributed by atoms with Crippen molar-refractivity contribution in [3.8, 4) is 0 Å². The van der Waals surface area contributed by atoms with Crippen LogP contribution in [0.1, 0.15) is 22.9 Å². The summed E-state index contributed by atoms with van der Waals surface area (Å²) in [7, 11) is 0. The number of aromatic nitrogens is 3. The molecule has 3 aromatic rings. The molecule has 3 rings (SSSR count). The summed E-state index contributed by atoms with van der Waals surface area (Å²) in [6, 6.07) is 9.72. The van der Waals surface area contributed by atoms with E-state index in [2.05, 4.69) is 15.0 Å². The molecule has 4 heteroatoms. The second kappa shape index (κ2) is 4.74. The molecule has 0 bridgehead atoms. The maximum absolute atomic E-state index is 10.3. The summed E-state index contributed by atoms with van der Waals surface area (Å²) in [6.45, 7) is 1.96. The molecule has 0 aliphatic heterocycles. The van der Waals surface area contributed by atoms with Gasteiger partial charge < -0.3 is 5.11 Å². The number of hydrogen-bond acceptors (Lipinski definition) is 4. The van der Waals surface area contributed by atoms with Crippen molar-refractivity contribution in [2.24, 2.45) is 0 Å². The van der Waals surface area contributed by atoms with Crippen LogP contribution < -0.4 is 0 Å². The number of hydrogen-bond donors (Lipinski definition) is 1. The molecule has 0 amide bonds. The number of nitrogens with zero attached hydrogens (tertiary/aromatic N) is 3. The van der Waals surface area contributed by atoms with Crippen molar-refractivity contribution >= 4 is 10.9 Å². The van der Waals surface area contributed by atoms with E-state index in [-0.39, 0.29) is 0 Å². The molecule has 1 N–H and O–H groups in total. The summed E-state index contributed by atoms with van der Waals surface area (Å²) in [5, 5.41) is 11.3. The van der Waals surface area contributed by atoms with E-state index >= 15 is 0 Å². The van der Waals surface area contributed by atoms with Gasteiger partial charge >= 0.3 is 0 Å². The molecule has 1 atom stereocenters. The molecule has 0 saturated carbocycles. The van der Waals surface area contributed by atoms with Crippen LogP contribution in [0, 0.1) is 6.92 Å². The normalized spacial score (nSPS) is 12.5. The Balaban J connectivity index is 2.04. The van der Waals surface area contributed by atoms with Crippen molar-refractivity contribution < 1.29 is 5.11 Å². The molecular weight excluding hydrogens is 238 g/mol. The first-order valence-corrected chi connectivity index (χ1v) is 6.04. The predicted octanol–water partition coefficient (Wildman–Crippen LogP) is 2.41. The van der Waals surface area contributed by atoms with Crippen LogP contribution >= 0.6 is 0 Å². The topological polar surface area (TPSA) is 58.9 Å². The molecule has 1 unspecified atom stereocenters. The van der Waals surface area contributed by atoms with Crippen molar-refractivity contribution in [2.75, 3.05) is 0 Å². The molecule has 0 radical (unpaired) electrons. The lowest BCUT2D eigenvalue weighted by Gasteiger charge is -2.11. The van der Waals surface area contributed by atoms with Gasteiger partial charge in [0.05, 0.1) is 5.52 Å². The van der Waals surface area contributed by atoms with Crippen molar-refractivity contribution in [1.82, 2.24) is 15.0 Å².